The fraction of sp³-hybridized carbons (Fsp3) is 0.606. The summed E-state index contributed by atoms with van der Waals surface area (Å²) in [4.78, 5) is 15.5. The molecule has 5 atom stereocenters. The Morgan fingerprint density at radius 3 is 2.70 bits per heavy atom. The Morgan fingerprint density at radius 2 is 1.92 bits per heavy atom. The second-order valence-electron chi connectivity index (χ2n) is 13.1. The summed E-state index contributed by atoms with van der Waals surface area (Å²) in [5.74, 6) is 1.36. The van der Waals surface area contributed by atoms with Gasteiger partial charge in [0.2, 0.25) is 0 Å². The highest BCUT2D eigenvalue weighted by Crippen LogP contribution is 2.57. The molecule has 4 nitrogen and oxygen atoms in total. The number of fused-ring (bicyclic) bond motifs is 4. The Kier molecular flexibility index (Phi) is 6.48. The van der Waals surface area contributed by atoms with Gasteiger partial charge in [-0.25, -0.2) is 0 Å². The van der Waals surface area contributed by atoms with Crippen LogP contribution in [0.4, 0.5) is 0 Å². The van der Waals surface area contributed by atoms with Crippen LogP contribution in [0, 0.1) is 11.3 Å². The van der Waals surface area contributed by atoms with E-state index < -0.39 is 0 Å². The quantitative estimate of drug-likeness (QED) is 0.477. The topological polar surface area (TPSA) is 41.6 Å². The first-order valence-electron chi connectivity index (χ1n) is 14.7. The molecule has 2 aromatic carbocycles. The van der Waals surface area contributed by atoms with Crippen molar-refractivity contribution in [3.63, 3.8) is 0 Å². The maximum absolute atomic E-state index is 13.4. The maximum atomic E-state index is 13.4. The molecular formula is C33H44N2O2. The molecule has 2 aliphatic heterocycles. The molecule has 2 aliphatic carbocycles. The minimum absolute atomic E-state index is 0.0672. The van der Waals surface area contributed by atoms with E-state index in [1.165, 1.54) is 37.7 Å². The fourth-order valence-corrected chi connectivity index (χ4v) is 8.33. The molecule has 4 heteroatoms. The molecule has 1 saturated heterocycles. The van der Waals surface area contributed by atoms with Crippen LogP contribution in [-0.4, -0.2) is 36.6 Å². The zero-order valence-corrected chi connectivity index (χ0v) is 23.2. The third kappa shape index (κ3) is 4.25. The van der Waals surface area contributed by atoms with Crippen molar-refractivity contribution in [2.24, 2.45) is 11.3 Å². The van der Waals surface area contributed by atoms with Crippen molar-refractivity contribution in [1.29, 1.82) is 0 Å². The first-order chi connectivity index (χ1) is 17.8. The van der Waals surface area contributed by atoms with Gasteiger partial charge in [-0.15, -0.1) is 0 Å². The van der Waals surface area contributed by atoms with E-state index in [2.05, 4.69) is 68.2 Å². The molecule has 2 aromatic rings. The molecule has 0 bridgehead atoms. The molecule has 1 amide bonds. The van der Waals surface area contributed by atoms with Crippen LogP contribution in [0.25, 0.3) is 0 Å². The zero-order valence-electron chi connectivity index (χ0n) is 23.2. The molecule has 0 aromatic heterocycles. The average Bonchev–Trinajstić information content (AvgIpc) is 3.49. The molecule has 2 fully saturated rings. The van der Waals surface area contributed by atoms with Crippen molar-refractivity contribution in [2.45, 2.75) is 96.2 Å². The summed E-state index contributed by atoms with van der Waals surface area (Å²) in [6.07, 6.45) is 8.44. The number of ether oxygens (including phenoxy) is 1. The number of carbonyl (C=O) groups excluding carboxylic acids is 1. The van der Waals surface area contributed by atoms with E-state index >= 15 is 0 Å². The first-order valence-corrected chi connectivity index (χ1v) is 14.7. The lowest BCUT2D eigenvalue weighted by Crippen LogP contribution is -2.54. The number of hydrogen-bond acceptors (Lipinski definition) is 3. The highest BCUT2D eigenvalue weighted by molar-refractivity contribution is 5.99. The predicted octanol–water partition coefficient (Wildman–Crippen LogP) is 6.74. The number of carbonyl (C=O) groups is 1. The van der Waals surface area contributed by atoms with Crippen molar-refractivity contribution >= 4 is 5.91 Å². The minimum Gasteiger partial charge on any atom is -0.376 e. The lowest BCUT2D eigenvalue weighted by Gasteiger charge is -2.56. The maximum Gasteiger partial charge on any atom is 0.255 e. The largest absolute Gasteiger partial charge is 0.376 e. The van der Waals surface area contributed by atoms with Gasteiger partial charge in [-0.3, -0.25) is 10.1 Å². The zero-order chi connectivity index (χ0) is 25.8. The molecule has 0 spiro atoms. The number of rotatable bonds is 6. The van der Waals surface area contributed by atoms with E-state index in [9.17, 15) is 4.79 Å². The Labute approximate surface area is 223 Å². The Balaban J connectivity index is 1.25. The number of amides is 1. The van der Waals surface area contributed by atoms with Gasteiger partial charge in [0.25, 0.3) is 5.91 Å². The molecule has 0 radical (unpaired) electrons. The van der Waals surface area contributed by atoms with Gasteiger partial charge in [0.1, 0.15) is 6.17 Å². The molecule has 2 heterocycles. The van der Waals surface area contributed by atoms with E-state index in [4.69, 9.17) is 4.74 Å². The highest BCUT2D eigenvalue weighted by Gasteiger charge is 2.52. The number of nitrogens with one attached hydrogen (secondary N) is 1. The lowest BCUT2D eigenvalue weighted by molar-refractivity contribution is 0.0119. The SMILES string of the molecule is CC(C)c1ccc2c(c1)CC[C@@H]1[C@](C)(CN[C@@H]3c4ccccc4C(=O)N3C[C@H]3CCCO3)CCC[C@@]21C. The van der Waals surface area contributed by atoms with E-state index in [0.29, 0.717) is 18.4 Å². The van der Waals surface area contributed by atoms with Crippen LogP contribution in [-0.2, 0) is 16.6 Å². The smallest absolute Gasteiger partial charge is 0.255 e. The molecule has 4 aliphatic rings. The van der Waals surface area contributed by atoms with Crippen LogP contribution < -0.4 is 5.32 Å². The van der Waals surface area contributed by atoms with Gasteiger partial charge in [0.05, 0.1) is 6.10 Å². The summed E-state index contributed by atoms with van der Waals surface area (Å²) < 4.78 is 5.94. The average molecular weight is 501 g/mol. The van der Waals surface area contributed by atoms with Crippen LogP contribution in [0.2, 0.25) is 0 Å². The Hall–Kier alpha value is -2.17. The van der Waals surface area contributed by atoms with Gasteiger partial charge in [0.15, 0.2) is 0 Å². The molecule has 6 rings (SSSR count). The van der Waals surface area contributed by atoms with Crippen LogP contribution in [0.15, 0.2) is 42.5 Å². The Bertz CT molecular complexity index is 1170. The normalized spacial score (nSPS) is 32.9. The summed E-state index contributed by atoms with van der Waals surface area (Å²) in [7, 11) is 0. The monoisotopic (exact) mass is 500 g/mol. The van der Waals surface area contributed by atoms with Gasteiger partial charge in [-0.1, -0.05) is 70.5 Å². The summed E-state index contributed by atoms with van der Waals surface area (Å²) in [5.41, 5.74) is 7.04. The van der Waals surface area contributed by atoms with Crippen molar-refractivity contribution in [3.05, 3.63) is 70.3 Å². The molecule has 1 N–H and O–H groups in total. The molecule has 198 valence electrons. The van der Waals surface area contributed by atoms with Gasteiger partial charge in [0, 0.05) is 30.8 Å². The number of benzene rings is 2. The van der Waals surface area contributed by atoms with E-state index in [0.717, 1.165) is 37.1 Å². The summed E-state index contributed by atoms with van der Waals surface area (Å²) in [6, 6.07) is 15.5. The van der Waals surface area contributed by atoms with E-state index in [1.54, 1.807) is 11.1 Å². The molecular weight excluding hydrogens is 456 g/mol. The summed E-state index contributed by atoms with van der Waals surface area (Å²) in [6.45, 7) is 12.1. The van der Waals surface area contributed by atoms with Crippen LogP contribution in [0.3, 0.4) is 0 Å². The lowest BCUT2D eigenvalue weighted by atomic mass is 9.49. The highest BCUT2D eigenvalue weighted by atomic mass is 16.5. The second kappa shape index (κ2) is 9.54. The summed E-state index contributed by atoms with van der Waals surface area (Å²) in [5, 5.41) is 3.95. The minimum atomic E-state index is -0.0672. The van der Waals surface area contributed by atoms with Crippen molar-refractivity contribution < 1.29 is 9.53 Å². The van der Waals surface area contributed by atoms with Gasteiger partial charge in [-0.05, 0) is 83.9 Å². The van der Waals surface area contributed by atoms with Gasteiger partial charge in [-0.2, -0.15) is 0 Å². The standard InChI is InChI=1S/C33H44N2O2/c1-22(2)23-12-14-28-24(19-23)13-15-29-32(3,16-8-17-33(28,29)4)21-34-30-26-10-5-6-11-27(26)31(36)35(30)20-25-9-7-18-37-25/h5-6,10-12,14,19,22,25,29-30,34H,7-9,13,15-18,20-21H2,1-4H3/t25-,29-,30+,32+,33+/m1/s1. The molecule has 37 heavy (non-hydrogen) atoms. The van der Waals surface area contributed by atoms with Crippen molar-refractivity contribution in [3.8, 4) is 0 Å². The van der Waals surface area contributed by atoms with E-state index in [1.807, 2.05) is 12.1 Å². The fourth-order valence-electron chi connectivity index (χ4n) is 8.33. The van der Waals surface area contributed by atoms with Crippen molar-refractivity contribution in [1.82, 2.24) is 10.2 Å². The third-order valence-electron chi connectivity index (χ3n) is 10.3. The van der Waals surface area contributed by atoms with Crippen LogP contribution >= 0.6 is 0 Å². The van der Waals surface area contributed by atoms with Crippen molar-refractivity contribution in [2.75, 3.05) is 19.7 Å². The van der Waals surface area contributed by atoms with E-state index in [-0.39, 0.29) is 29.0 Å². The molecule has 1 saturated carbocycles. The first kappa shape index (κ1) is 25.1. The summed E-state index contributed by atoms with van der Waals surface area (Å²) >= 11 is 0. The van der Waals surface area contributed by atoms with Crippen LogP contribution in [0.5, 0.6) is 0 Å². The number of nitrogens with zero attached hydrogens (tertiary/aromatic N) is 1. The molecule has 0 unspecified atom stereocenters. The number of hydrogen-bond donors (Lipinski definition) is 1. The third-order valence-corrected chi connectivity index (χ3v) is 10.3. The van der Waals surface area contributed by atoms with Gasteiger partial charge >= 0.3 is 0 Å². The second-order valence-corrected chi connectivity index (χ2v) is 13.1. The van der Waals surface area contributed by atoms with Gasteiger partial charge < -0.3 is 9.64 Å². The predicted molar refractivity (Wildman–Crippen MR) is 149 cm³/mol. The van der Waals surface area contributed by atoms with Crippen LogP contribution in [0.1, 0.15) is 111 Å². The Morgan fingerprint density at radius 1 is 1.08 bits per heavy atom. The number of aryl methyl sites for hydroxylation is 1.